The molecule has 0 aliphatic rings. The van der Waals surface area contributed by atoms with Gasteiger partial charge in [-0.2, -0.15) is 5.26 Å². The molecule has 0 aromatic heterocycles. The maximum absolute atomic E-state index is 8.44. The summed E-state index contributed by atoms with van der Waals surface area (Å²) >= 11 is 0. The first-order valence-electron chi connectivity index (χ1n) is 5.89. The molecule has 0 N–H and O–H groups in total. The van der Waals surface area contributed by atoms with Gasteiger partial charge in [0.25, 0.3) is 6.26 Å². The maximum Gasteiger partial charge on any atom is 0.798 e. The molecule has 0 saturated heterocycles. The summed E-state index contributed by atoms with van der Waals surface area (Å²) < 4.78 is 20.4. The van der Waals surface area contributed by atoms with Crippen molar-refractivity contribution in [2.45, 2.75) is 0 Å². The van der Waals surface area contributed by atoms with Crippen LogP contribution in [0.3, 0.4) is 0 Å². The zero-order valence-electron chi connectivity index (χ0n) is 10.9. The van der Waals surface area contributed by atoms with E-state index in [9.17, 15) is 0 Å². The van der Waals surface area contributed by atoms with Crippen molar-refractivity contribution in [3.05, 3.63) is 54.6 Å². The summed E-state index contributed by atoms with van der Waals surface area (Å²) in [4.78, 5) is 0. The number of rotatable bonds is 6. The fourth-order valence-electron chi connectivity index (χ4n) is 1.51. The van der Waals surface area contributed by atoms with E-state index in [1.807, 2.05) is 30.3 Å². The molecule has 6 heteroatoms. The van der Waals surface area contributed by atoms with Gasteiger partial charge in [-0.15, -0.1) is 0 Å². The van der Waals surface area contributed by atoms with Crippen molar-refractivity contribution in [1.82, 2.24) is 0 Å². The van der Waals surface area contributed by atoms with Crippen LogP contribution in [0.2, 0.25) is 0 Å². The van der Waals surface area contributed by atoms with Crippen LogP contribution in [0.4, 0.5) is 0 Å². The minimum atomic E-state index is -1.08. The summed E-state index contributed by atoms with van der Waals surface area (Å²) in [5.74, 6) is 1.81. The van der Waals surface area contributed by atoms with Crippen LogP contribution in [0.5, 0.6) is 17.2 Å². The van der Waals surface area contributed by atoms with Gasteiger partial charge >= 0.3 is 7.32 Å². The topological polar surface area (TPSA) is 60.7 Å². The number of nitriles is 1. The highest BCUT2D eigenvalue weighted by Crippen LogP contribution is 2.25. The highest BCUT2D eigenvalue weighted by atomic mass is 16.7. The highest BCUT2D eigenvalue weighted by molar-refractivity contribution is 6.37. The fourth-order valence-corrected chi connectivity index (χ4v) is 1.51. The van der Waals surface area contributed by atoms with Crippen LogP contribution in [0.15, 0.2) is 54.6 Å². The Labute approximate surface area is 117 Å². The van der Waals surface area contributed by atoms with Crippen molar-refractivity contribution in [1.29, 1.82) is 5.26 Å². The molecule has 2 rings (SSSR count). The lowest BCUT2D eigenvalue weighted by Gasteiger charge is -2.11. The molecule has 0 aliphatic heterocycles. The van der Waals surface area contributed by atoms with Gasteiger partial charge in [0, 0.05) is 13.2 Å². The zero-order valence-corrected chi connectivity index (χ0v) is 10.9. The highest BCUT2D eigenvalue weighted by Gasteiger charge is 2.24. The third-order valence-electron chi connectivity index (χ3n) is 2.36. The Hall–Kier alpha value is -2.65. The van der Waals surface area contributed by atoms with Gasteiger partial charge in [0.1, 0.15) is 17.2 Å². The SMILES string of the molecule is COB(OC#N)Oc1cccc(Oc2ccccc2)c1. The largest absolute Gasteiger partial charge is 0.798 e. The van der Waals surface area contributed by atoms with E-state index in [0.717, 1.165) is 5.75 Å². The standard InChI is InChI=1S/C14H12BNO4/c1-17-15(18-11-16)20-14-9-5-8-13(10-14)19-12-6-3-2-4-7-12/h2-10H,1H3. The molecular formula is C14H12BNO4. The van der Waals surface area contributed by atoms with Crippen LogP contribution in [-0.4, -0.2) is 14.4 Å². The zero-order chi connectivity index (χ0) is 14.2. The van der Waals surface area contributed by atoms with E-state index in [1.165, 1.54) is 13.4 Å². The van der Waals surface area contributed by atoms with Gasteiger partial charge in [0.05, 0.1) is 0 Å². The Morgan fingerprint density at radius 3 is 2.35 bits per heavy atom. The normalized spacial score (nSPS) is 9.40. The van der Waals surface area contributed by atoms with Crippen LogP contribution < -0.4 is 9.39 Å². The molecule has 2 aromatic rings. The molecule has 2 aromatic carbocycles. The summed E-state index contributed by atoms with van der Waals surface area (Å²) in [6.45, 7) is 0. The average molecular weight is 269 g/mol. The van der Waals surface area contributed by atoms with Crippen molar-refractivity contribution in [2.75, 3.05) is 7.11 Å². The molecule has 5 nitrogen and oxygen atoms in total. The van der Waals surface area contributed by atoms with E-state index in [2.05, 4.69) is 4.65 Å². The Kier molecular flexibility index (Phi) is 4.87. The third kappa shape index (κ3) is 3.94. The summed E-state index contributed by atoms with van der Waals surface area (Å²) in [6, 6.07) is 16.3. The third-order valence-corrected chi connectivity index (χ3v) is 2.36. The number of para-hydroxylation sites is 1. The monoisotopic (exact) mass is 269 g/mol. The first-order valence-corrected chi connectivity index (χ1v) is 5.89. The van der Waals surface area contributed by atoms with Crippen LogP contribution >= 0.6 is 0 Å². The first-order chi connectivity index (χ1) is 9.81. The summed E-state index contributed by atoms with van der Waals surface area (Å²) in [5, 5.41) is 8.44. The number of hydrogen-bond acceptors (Lipinski definition) is 5. The maximum atomic E-state index is 8.44. The van der Waals surface area contributed by atoms with Crippen LogP contribution in [-0.2, 0) is 9.31 Å². The van der Waals surface area contributed by atoms with Crippen molar-refractivity contribution in [2.24, 2.45) is 0 Å². The lowest BCUT2D eigenvalue weighted by atomic mass is 10.2. The van der Waals surface area contributed by atoms with E-state index in [0.29, 0.717) is 11.5 Å². The Bertz CT molecular complexity index is 585. The molecule has 100 valence electrons. The van der Waals surface area contributed by atoms with Crippen molar-refractivity contribution in [3.63, 3.8) is 0 Å². The molecular weight excluding hydrogens is 257 g/mol. The molecule has 0 bridgehead atoms. The number of hydrogen-bond donors (Lipinski definition) is 0. The second-order valence-electron chi connectivity index (χ2n) is 3.74. The fraction of sp³-hybridized carbons (Fsp3) is 0.0714. The van der Waals surface area contributed by atoms with Crippen LogP contribution in [0.25, 0.3) is 0 Å². The smallest absolute Gasteiger partial charge is 0.500 e. The van der Waals surface area contributed by atoms with Gasteiger partial charge in [0.2, 0.25) is 0 Å². The van der Waals surface area contributed by atoms with Gasteiger partial charge in [-0.3, -0.25) is 0 Å². The van der Waals surface area contributed by atoms with Gasteiger partial charge < -0.3 is 18.7 Å². The Morgan fingerprint density at radius 2 is 1.65 bits per heavy atom. The molecule has 0 amide bonds. The molecule has 0 saturated carbocycles. The van der Waals surface area contributed by atoms with Crippen molar-refractivity contribution < 1.29 is 18.7 Å². The number of nitrogens with zero attached hydrogens (tertiary/aromatic N) is 1. The van der Waals surface area contributed by atoms with Crippen LogP contribution in [0, 0.1) is 11.5 Å². The molecule has 0 atom stereocenters. The predicted octanol–water partition coefficient (Wildman–Crippen LogP) is 2.99. The lowest BCUT2D eigenvalue weighted by molar-refractivity contribution is 0.231. The number of benzene rings is 2. The van der Waals surface area contributed by atoms with Gasteiger partial charge in [-0.05, 0) is 24.3 Å². The van der Waals surface area contributed by atoms with E-state index >= 15 is 0 Å². The van der Waals surface area contributed by atoms with Gasteiger partial charge in [0.15, 0.2) is 0 Å². The Morgan fingerprint density at radius 1 is 0.950 bits per heavy atom. The molecule has 20 heavy (non-hydrogen) atoms. The Balaban J connectivity index is 2.06. The summed E-state index contributed by atoms with van der Waals surface area (Å²) in [7, 11) is 0.304. The molecule has 0 unspecified atom stereocenters. The number of ether oxygens (including phenoxy) is 1. The van der Waals surface area contributed by atoms with Gasteiger partial charge in [-0.1, -0.05) is 24.3 Å². The van der Waals surface area contributed by atoms with Crippen LogP contribution in [0.1, 0.15) is 0 Å². The summed E-state index contributed by atoms with van der Waals surface area (Å²) in [6.07, 6.45) is 1.51. The molecule has 0 aliphatic carbocycles. The van der Waals surface area contributed by atoms with E-state index in [-0.39, 0.29) is 0 Å². The van der Waals surface area contributed by atoms with E-state index in [1.54, 1.807) is 24.3 Å². The van der Waals surface area contributed by atoms with E-state index in [4.69, 9.17) is 19.3 Å². The first kappa shape index (κ1) is 13.8. The second-order valence-corrected chi connectivity index (χ2v) is 3.74. The van der Waals surface area contributed by atoms with E-state index < -0.39 is 7.32 Å². The quantitative estimate of drug-likeness (QED) is 0.596. The molecule has 0 fully saturated rings. The second kappa shape index (κ2) is 7.07. The van der Waals surface area contributed by atoms with Crippen molar-refractivity contribution in [3.8, 4) is 23.5 Å². The average Bonchev–Trinajstić information content (AvgIpc) is 2.48. The molecule has 0 spiro atoms. The van der Waals surface area contributed by atoms with Gasteiger partial charge in [-0.25, -0.2) is 0 Å². The molecule has 0 radical (unpaired) electrons. The minimum absolute atomic E-state index is 0.473. The predicted molar refractivity (Wildman–Crippen MR) is 73.0 cm³/mol. The summed E-state index contributed by atoms with van der Waals surface area (Å²) in [5.41, 5.74) is 0. The minimum Gasteiger partial charge on any atom is -0.500 e. The molecule has 0 heterocycles. The van der Waals surface area contributed by atoms with Crippen molar-refractivity contribution >= 4 is 7.32 Å². The lowest BCUT2D eigenvalue weighted by Crippen LogP contribution is -2.27.